The third-order valence-electron chi connectivity index (χ3n) is 6.07. The van der Waals surface area contributed by atoms with Gasteiger partial charge < -0.3 is 9.88 Å². The Morgan fingerprint density at radius 1 is 1.00 bits per heavy atom. The second kappa shape index (κ2) is 6.73. The number of rotatable bonds is 3. The minimum absolute atomic E-state index is 0.726. The van der Waals surface area contributed by atoms with E-state index in [1.807, 2.05) is 42.1 Å². The summed E-state index contributed by atoms with van der Waals surface area (Å²) in [6, 6.07) is 14.2. The first-order valence-corrected chi connectivity index (χ1v) is 11.6. The van der Waals surface area contributed by atoms with E-state index >= 15 is 0 Å². The zero-order valence-corrected chi connectivity index (χ0v) is 18.9. The van der Waals surface area contributed by atoms with Gasteiger partial charge in [0, 0.05) is 34.3 Å². The third-order valence-corrected chi connectivity index (χ3v) is 7.10. The molecule has 8 heteroatoms. The summed E-state index contributed by atoms with van der Waals surface area (Å²) in [4.78, 5) is 22.7. The molecule has 160 valence electrons. The van der Waals surface area contributed by atoms with Crippen LogP contribution in [-0.2, 0) is 7.05 Å². The van der Waals surface area contributed by atoms with Crippen LogP contribution in [0.1, 0.15) is 15.4 Å². The molecule has 7 nitrogen and oxygen atoms in total. The number of imidazole rings is 1. The number of hydrogen-bond donors (Lipinski definition) is 1. The molecule has 0 amide bonds. The fourth-order valence-electron chi connectivity index (χ4n) is 4.34. The van der Waals surface area contributed by atoms with Crippen molar-refractivity contribution in [2.75, 3.05) is 11.4 Å². The number of hydrogen-bond acceptors (Lipinski definition) is 6. The summed E-state index contributed by atoms with van der Waals surface area (Å²) in [7, 11) is 1.94. The summed E-state index contributed by atoms with van der Waals surface area (Å²) >= 11 is 1.79. The van der Waals surface area contributed by atoms with Gasteiger partial charge in [0.05, 0.1) is 29.1 Å². The van der Waals surface area contributed by atoms with Crippen LogP contribution >= 0.6 is 11.3 Å². The van der Waals surface area contributed by atoms with Crippen molar-refractivity contribution >= 4 is 33.8 Å². The number of thiophene rings is 1. The molecule has 1 N–H and O–H groups in total. The van der Waals surface area contributed by atoms with Crippen LogP contribution in [0.25, 0.3) is 39.5 Å². The van der Waals surface area contributed by atoms with Gasteiger partial charge in [-0.2, -0.15) is 5.10 Å². The minimum atomic E-state index is 0.726. The lowest BCUT2D eigenvalue weighted by atomic mass is 10.1. The van der Waals surface area contributed by atoms with Crippen LogP contribution in [0.15, 0.2) is 66.5 Å². The molecule has 1 fully saturated rings. The summed E-state index contributed by atoms with van der Waals surface area (Å²) in [5, 5.41) is 4.79. The number of anilines is 1. The van der Waals surface area contributed by atoms with Crippen LogP contribution < -0.4 is 4.90 Å². The van der Waals surface area contributed by atoms with Gasteiger partial charge in [0.15, 0.2) is 17.3 Å². The van der Waals surface area contributed by atoms with Crippen molar-refractivity contribution in [1.29, 1.82) is 0 Å². The lowest BCUT2D eigenvalue weighted by molar-refractivity contribution is 0.798. The Kier molecular flexibility index (Phi) is 3.78. The number of fused-ring (bicyclic) bond motifs is 4. The molecule has 0 spiro atoms. The molecule has 0 bridgehead atoms. The number of pyridine rings is 2. The van der Waals surface area contributed by atoms with Crippen molar-refractivity contribution in [2.24, 2.45) is 7.05 Å². The van der Waals surface area contributed by atoms with Crippen molar-refractivity contribution in [1.82, 2.24) is 29.7 Å². The number of aryl methyl sites for hydroxylation is 2. The van der Waals surface area contributed by atoms with Crippen molar-refractivity contribution in [3.8, 4) is 22.9 Å². The van der Waals surface area contributed by atoms with Crippen LogP contribution in [0.3, 0.4) is 0 Å². The quantitative estimate of drug-likeness (QED) is 0.395. The van der Waals surface area contributed by atoms with Gasteiger partial charge in [0.1, 0.15) is 5.52 Å². The fourth-order valence-corrected chi connectivity index (χ4v) is 5.24. The number of aromatic amines is 1. The van der Waals surface area contributed by atoms with Crippen molar-refractivity contribution in [3.63, 3.8) is 0 Å². The minimum Gasteiger partial charge on any atom is -0.335 e. The Balaban J connectivity index is 1.40. The molecule has 5 aromatic rings. The van der Waals surface area contributed by atoms with Gasteiger partial charge >= 0.3 is 0 Å². The molecule has 2 aliphatic rings. The molecular weight excluding hydrogens is 430 g/mol. The van der Waals surface area contributed by atoms with Crippen LogP contribution in [0.2, 0.25) is 0 Å². The van der Waals surface area contributed by atoms with Gasteiger partial charge in [-0.25, -0.2) is 9.97 Å². The van der Waals surface area contributed by atoms with Gasteiger partial charge in [-0.3, -0.25) is 9.67 Å². The third kappa shape index (κ3) is 2.87. The first kappa shape index (κ1) is 18.5. The Bertz CT molecular complexity index is 1620. The lowest BCUT2D eigenvalue weighted by Crippen LogP contribution is -1.94. The number of nitrogens with one attached hydrogen (secondary N) is 1. The van der Waals surface area contributed by atoms with E-state index in [1.54, 1.807) is 17.5 Å². The molecule has 0 atom stereocenters. The van der Waals surface area contributed by atoms with E-state index in [9.17, 15) is 0 Å². The largest absolute Gasteiger partial charge is 0.335 e. The zero-order chi connectivity index (χ0) is 22.1. The first-order chi connectivity index (χ1) is 16.2. The zero-order valence-electron chi connectivity index (χ0n) is 18.1. The molecule has 2 aliphatic heterocycles. The Morgan fingerprint density at radius 2 is 1.94 bits per heavy atom. The molecule has 7 rings (SSSR count). The predicted octanol–water partition coefficient (Wildman–Crippen LogP) is 4.94. The number of aromatic nitrogens is 6. The average molecular weight is 450 g/mol. The molecule has 5 aromatic heterocycles. The summed E-state index contributed by atoms with van der Waals surface area (Å²) in [6.07, 6.45) is 6.17. The molecule has 0 saturated carbocycles. The van der Waals surface area contributed by atoms with E-state index in [1.165, 1.54) is 15.5 Å². The highest BCUT2D eigenvalue weighted by Crippen LogP contribution is 2.43. The highest BCUT2D eigenvalue weighted by molar-refractivity contribution is 7.13. The Hall–Kier alpha value is -4.04. The van der Waals surface area contributed by atoms with Crippen LogP contribution in [0.4, 0.5) is 5.82 Å². The summed E-state index contributed by atoms with van der Waals surface area (Å²) in [5.41, 5.74) is 7.61. The van der Waals surface area contributed by atoms with Gasteiger partial charge in [-0.15, -0.1) is 11.3 Å². The SMILES string of the molecule is Cc1ccc(C2=CC=C3CN3c3nc(-c4nn(C)c5ccc(-c6ccccn6)nc45)[nH]c32)s1. The van der Waals surface area contributed by atoms with Gasteiger partial charge in [0.2, 0.25) is 0 Å². The van der Waals surface area contributed by atoms with E-state index in [0.29, 0.717) is 0 Å². The molecule has 0 aliphatic carbocycles. The Labute approximate surface area is 193 Å². The van der Waals surface area contributed by atoms with E-state index in [-0.39, 0.29) is 0 Å². The van der Waals surface area contributed by atoms with Gasteiger partial charge in [-0.05, 0) is 55.5 Å². The second-order valence-corrected chi connectivity index (χ2v) is 9.56. The maximum absolute atomic E-state index is 5.01. The maximum atomic E-state index is 5.01. The normalized spacial score (nSPS) is 14.5. The monoisotopic (exact) mass is 449 g/mol. The predicted molar refractivity (Wildman–Crippen MR) is 131 cm³/mol. The molecule has 0 radical (unpaired) electrons. The van der Waals surface area contributed by atoms with E-state index in [4.69, 9.17) is 15.1 Å². The van der Waals surface area contributed by atoms with Crippen molar-refractivity contribution < 1.29 is 0 Å². The molecule has 7 heterocycles. The van der Waals surface area contributed by atoms with Crippen molar-refractivity contribution in [3.05, 3.63) is 82.0 Å². The molecule has 1 saturated heterocycles. The molecule has 33 heavy (non-hydrogen) atoms. The average Bonchev–Trinajstić information content (AvgIpc) is 3.13. The smallest absolute Gasteiger partial charge is 0.163 e. The molecule has 0 unspecified atom stereocenters. The molecular formula is C25H19N7S. The van der Waals surface area contributed by atoms with E-state index in [0.717, 1.165) is 57.6 Å². The summed E-state index contributed by atoms with van der Waals surface area (Å²) in [6.45, 7) is 3.05. The van der Waals surface area contributed by atoms with Gasteiger partial charge in [-0.1, -0.05) is 6.07 Å². The topological polar surface area (TPSA) is 75.3 Å². The maximum Gasteiger partial charge on any atom is 0.163 e. The molecule has 0 aromatic carbocycles. The van der Waals surface area contributed by atoms with Crippen LogP contribution in [0.5, 0.6) is 0 Å². The number of allylic oxidation sites excluding steroid dienone is 2. The standard InChI is InChI=1S/C25H19N7S/c1-14-6-11-20(33-14)16-8-7-15-13-32(15)25-21(16)28-24(29-25)23-22-19(31(2)30-23)10-9-18(27-22)17-5-3-4-12-26-17/h3-12H,13H2,1-2H3,(H,28,29). The van der Waals surface area contributed by atoms with Gasteiger partial charge in [0.25, 0.3) is 0 Å². The van der Waals surface area contributed by atoms with Crippen LogP contribution in [0, 0.1) is 6.92 Å². The van der Waals surface area contributed by atoms with Crippen LogP contribution in [-0.4, -0.2) is 36.3 Å². The second-order valence-electron chi connectivity index (χ2n) is 8.27. The Morgan fingerprint density at radius 3 is 2.76 bits per heavy atom. The van der Waals surface area contributed by atoms with E-state index < -0.39 is 0 Å². The van der Waals surface area contributed by atoms with Crippen molar-refractivity contribution in [2.45, 2.75) is 6.92 Å². The number of nitrogens with zero attached hydrogens (tertiary/aromatic N) is 6. The number of H-pyrrole nitrogens is 1. The van der Waals surface area contributed by atoms with E-state index in [2.05, 4.69) is 46.1 Å². The summed E-state index contributed by atoms with van der Waals surface area (Å²) in [5.74, 6) is 1.68. The lowest BCUT2D eigenvalue weighted by Gasteiger charge is -2.04. The highest BCUT2D eigenvalue weighted by atomic mass is 32.1. The fraction of sp³-hybridized carbons (Fsp3) is 0.120. The first-order valence-electron chi connectivity index (χ1n) is 10.8. The summed E-state index contributed by atoms with van der Waals surface area (Å²) < 4.78 is 1.86. The highest BCUT2D eigenvalue weighted by Gasteiger charge is 2.35.